The van der Waals surface area contributed by atoms with Crippen LogP contribution in [0, 0.1) is 18.6 Å². The van der Waals surface area contributed by atoms with Crippen LogP contribution in [0.4, 0.5) is 8.78 Å². The fraction of sp³-hybridized carbons (Fsp3) is 0.333. The van der Waals surface area contributed by atoms with Gasteiger partial charge in [-0.15, -0.1) is 0 Å². The molecule has 0 saturated heterocycles. The van der Waals surface area contributed by atoms with E-state index in [-0.39, 0.29) is 23.0 Å². The summed E-state index contributed by atoms with van der Waals surface area (Å²) in [6, 6.07) is 1.42. The predicted octanol–water partition coefficient (Wildman–Crippen LogP) is 2.54. The molecule has 0 aliphatic rings. The van der Waals surface area contributed by atoms with Crippen molar-refractivity contribution in [2.45, 2.75) is 13.3 Å². The number of hydrogen-bond donors (Lipinski definition) is 1. The van der Waals surface area contributed by atoms with Gasteiger partial charge in [0.05, 0.1) is 4.47 Å². The SMILES string of the molecule is Cc1cc(Br)c(F)c(CCN)c1F. The van der Waals surface area contributed by atoms with Gasteiger partial charge in [-0.05, 0) is 47.4 Å². The molecule has 72 valence electrons. The first kappa shape index (κ1) is 10.6. The van der Waals surface area contributed by atoms with Gasteiger partial charge in [-0.2, -0.15) is 0 Å². The maximum absolute atomic E-state index is 13.3. The first-order chi connectivity index (χ1) is 6.07. The highest BCUT2D eigenvalue weighted by Crippen LogP contribution is 2.24. The van der Waals surface area contributed by atoms with Crippen LogP contribution in [0.2, 0.25) is 0 Å². The zero-order chi connectivity index (χ0) is 10.0. The van der Waals surface area contributed by atoms with Crippen LogP contribution in [0.25, 0.3) is 0 Å². The smallest absolute Gasteiger partial charge is 0.143 e. The number of nitrogens with two attached hydrogens (primary N) is 1. The Morgan fingerprint density at radius 1 is 1.38 bits per heavy atom. The summed E-state index contributed by atoms with van der Waals surface area (Å²) in [5.74, 6) is -1.04. The second-order valence-electron chi connectivity index (χ2n) is 2.82. The van der Waals surface area contributed by atoms with E-state index in [0.717, 1.165) is 0 Å². The van der Waals surface area contributed by atoms with Crippen LogP contribution in [-0.4, -0.2) is 6.54 Å². The Labute approximate surface area is 84.1 Å². The molecule has 2 N–H and O–H groups in total. The third kappa shape index (κ3) is 2.06. The maximum atomic E-state index is 13.3. The Balaban J connectivity index is 3.28. The van der Waals surface area contributed by atoms with Crippen molar-refractivity contribution < 1.29 is 8.78 Å². The maximum Gasteiger partial charge on any atom is 0.143 e. The Bertz CT molecular complexity index is 300. The van der Waals surface area contributed by atoms with Crippen molar-refractivity contribution in [1.29, 1.82) is 0 Å². The fourth-order valence-electron chi connectivity index (χ4n) is 1.16. The largest absolute Gasteiger partial charge is 0.330 e. The molecule has 0 amide bonds. The zero-order valence-electron chi connectivity index (χ0n) is 7.20. The van der Waals surface area contributed by atoms with Gasteiger partial charge in [0.15, 0.2) is 0 Å². The van der Waals surface area contributed by atoms with Gasteiger partial charge in [0.1, 0.15) is 11.6 Å². The second kappa shape index (κ2) is 4.15. The van der Waals surface area contributed by atoms with Gasteiger partial charge < -0.3 is 5.73 Å². The molecule has 0 atom stereocenters. The molecule has 4 heteroatoms. The zero-order valence-corrected chi connectivity index (χ0v) is 8.79. The van der Waals surface area contributed by atoms with E-state index in [9.17, 15) is 8.78 Å². The number of halogens is 3. The van der Waals surface area contributed by atoms with Crippen molar-refractivity contribution in [1.82, 2.24) is 0 Å². The molecule has 0 aliphatic heterocycles. The van der Waals surface area contributed by atoms with Gasteiger partial charge in [0, 0.05) is 5.56 Å². The van der Waals surface area contributed by atoms with Crippen molar-refractivity contribution in [2.75, 3.05) is 6.54 Å². The molecule has 1 aromatic carbocycles. The lowest BCUT2D eigenvalue weighted by Crippen LogP contribution is -2.08. The van der Waals surface area contributed by atoms with Crippen LogP contribution < -0.4 is 5.73 Å². The van der Waals surface area contributed by atoms with Crippen LogP contribution >= 0.6 is 15.9 Å². The normalized spacial score (nSPS) is 10.5. The number of hydrogen-bond acceptors (Lipinski definition) is 1. The highest BCUT2D eigenvalue weighted by Gasteiger charge is 2.13. The molecular formula is C9H10BrF2N. The van der Waals surface area contributed by atoms with Crippen LogP contribution in [0.15, 0.2) is 10.5 Å². The summed E-state index contributed by atoms with van der Waals surface area (Å²) in [7, 11) is 0. The molecule has 0 unspecified atom stereocenters. The van der Waals surface area contributed by atoms with E-state index in [0.29, 0.717) is 5.56 Å². The molecular weight excluding hydrogens is 240 g/mol. The van der Waals surface area contributed by atoms with Crippen LogP contribution in [0.5, 0.6) is 0 Å². The van der Waals surface area contributed by atoms with E-state index in [1.807, 2.05) is 0 Å². The molecule has 0 saturated carbocycles. The van der Waals surface area contributed by atoms with Crippen LogP contribution in [0.1, 0.15) is 11.1 Å². The van der Waals surface area contributed by atoms with E-state index in [2.05, 4.69) is 15.9 Å². The minimum absolute atomic E-state index is 0.0642. The number of rotatable bonds is 2. The van der Waals surface area contributed by atoms with Gasteiger partial charge in [-0.1, -0.05) is 0 Å². The molecule has 1 nitrogen and oxygen atoms in total. The van der Waals surface area contributed by atoms with E-state index in [1.165, 1.54) is 6.07 Å². The molecule has 0 fully saturated rings. The fourth-order valence-corrected chi connectivity index (χ4v) is 1.74. The molecule has 0 aromatic heterocycles. The van der Waals surface area contributed by atoms with Gasteiger partial charge in [-0.3, -0.25) is 0 Å². The lowest BCUT2D eigenvalue weighted by atomic mass is 10.1. The summed E-state index contributed by atoms with van der Waals surface area (Å²) >= 11 is 3.02. The standard InChI is InChI=1S/C9H10BrF2N/c1-5-4-7(10)9(12)6(2-3-13)8(5)11/h4H,2-3,13H2,1H3. The van der Waals surface area contributed by atoms with Crippen molar-refractivity contribution in [3.8, 4) is 0 Å². The number of aryl methyl sites for hydroxylation is 1. The van der Waals surface area contributed by atoms with Gasteiger partial charge >= 0.3 is 0 Å². The molecule has 0 radical (unpaired) electrons. The van der Waals surface area contributed by atoms with E-state index in [4.69, 9.17) is 5.73 Å². The predicted molar refractivity (Wildman–Crippen MR) is 51.6 cm³/mol. The second-order valence-corrected chi connectivity index (χ2v) is 3.67. The summed E-state index contributed by atoms with van der Waals surface area (Å²) in [6.45, 7) is 1.84. The third-order valence-corrected chi connectivity index (χ3v) is 2.40. The summed E-state index contributed by atoms with van der Waals surface area (Å²) in [4.78, 5) is 0. The first-order valence-corrected chi connectivity index (χ1v) is 4.70. The van der Waals surface area contributed by atoms with Crippen molar-refractivity contribution in [3.63, 3.8) is 0 Å². The lowest BCUT2D eigenvalue weighted by Gasteiger charge is -2.07. The van der Waals surface area contributed by atoms with E-state index < -0.39 is 11.6 Å². The third-order valence-electron chi connectivity index (χ3n) is 1.82. The quantitative estimate of drug-likeness (QED) is 0.802. The van der Waals surface area contributed by atoms with Crippen molar-refractivity contribution in [3.05, 3.63) is 33.3 Å². The van der Waals surface area contributed by atoms with Crippen LogP contribution in [0.3, 0.4) is 0 Å². The Morgan fingerprint density at radius 3 is 2.54 bits per heavy atom. The molecule has 0 heterocycles. The summed E-state index contributed by atoms with van der Waals surface area (Å²) in [5, 5.41) is 0. The highest BCUT2D eigenvalue weighted by molar-refractivity contribution is 9.10. The molecule has 1 rings (SSSR count). The van der Waals surface area contributed by atoms with Crippen molar-refractivity contribution in [2.24, 2.45) is 5.73 Å². The van der Waals surface area contributed by atoms with E-state index >= 15 is 0 Å². The van der Waals surface area contributed by atoms with Crippen LogP contribution in [-0.2, 0) is 6.42 Å². The highest BCUT2D eigenvalue weighted by atomic mass is 79.9. The lowest BCUT2D eigenvalue weighted by molar-refractivity contribution is 0.546. The minimum Gasteiger partial charge on any atom is -0.330 e. The molecule has 0 bridgehead atoms. The van der Waals surface area contributed by atoms with Gasteiger partial charge in [-0.25, -0.2) is 8.78 Å². The molecule has 13 heavy (non-hydrogen) atoms. The van der Waals surface area contributed by atoms with Crippen molar-refractivity contribution >= 4 is 15.9 Å². The minimum atomic E-state index is -0.548. The average molecular weight is 250 g/mol. The number of benzene rings is 1. The summed E-state index contributed by atoms with van der Waals surface area (Å²) < 4.78 is 26.9. The van der Waals surface area contributed by atoms with Gasteiger partial charge in [0.25, 0.3) is 0 Å². The Hall–Kier alpha value is -0.480. The Morgan fingerprint density at radius 2 is 2.00 bits per heavy atom. The Kier molecular flexibility index (Phi) is 3.39. The topological polar surface area (TPSA) is 26.0 Å². The summed E-state index contributed by atoms with van der Waals surface area (Å²) in [5.41, 5.74) is 5.74. The molecule has 1 aromatic rings. The summed E-state index contributed by atoms with van der Waals surface area (Å²) in [6.07, 6.45) is 0.220. The molecule has 0 aliphatic carbocycles. The first-order valence-electron chi connectivity index (χ1n) is 3.91. The van der Waals surface area contributed by atoms with Gasteiger partial charge in [0.2, 0.25) is 0 Å². The monoisotopic (exact) mass is 249 g/mol. The average Bonchev–Trinajstić information content (AvgIpc) is 2.09. The van der Waals surface area contributed by atoms with E-state index in [1.54, 1.807) is 6.92 Å². The molecule has 0 spiro atoms.